The van der Waals surface area contributed by atoms with Crippen LogP contribution in [0.1, 0.15) is 15.9 Å². The molecule has 0 aliphatic heterocycles. The van der Waals surface area contributed by atoms with Crippen molar-refractivity contribution in [1.82, 2.24) is 14.5 Å². The van der Waals surface area contributed by atoms with Gasteiger partial charge in [0.05, 0.1) is 23.7 Å². The van der Waals surface area contributed by atoms with Crippen LogP contribution >= 0.6 is 0 Å². The van der Waals surface area contributed by atoms with Gasteiger partial charge in [0.2, 0.25) is 0 Å². The molecule has 8 heteroatoms. The summed E-state index contributed by atoms with van der Waals surface area (Å²) in [5, 5.41) is 9.09. The van der Waals surface area contributed by atoms with E-state index in [2.05, 4.69) is 9.97 Å². The third-order valence-electron chi connectivity index (χ3n) is 3.47. The molecule has 25 heavy (non-hydrogen) atoms. The molecular formula is C17H13F2N3O3. The van der Waals surface area contributed by atoms with Crippen molar-refractivity contribution in [2.24, 2.45) is 7.05 Å². The van der Waals surface area contributed by atoms with Crippen LogP contribution in [0.3, 0.4) is 0 Å². The Hall–Kier alpha value is -3.29. The zero-order chi connectivity index (χ0) is 18.0. The zero-order valence-corrected chi connectivity index (χ0v) is 13.1. The number of halogens is 2. The fourth-order valence-electron chi connectivity index (χ4n) is 2.34. The van der Waals surface area contributed by atoms with Gasteiger partial charge in [-0.05, 0) is 12.1 Å². The molecule has 0 saturated carbocycles. The van der Waals surface area contributed by atoms with Crippen LogP contribution in [0.5, 0.6) is 5.75 Å². The minimum absolute atomic E-state index is 0.0426. The summed E-state index contributed by atoms with van der Waals surface area (Å²) in [6, 6.07) is 3.81. The van der Waals surface area contributed by atoms with Crippen LogP contribution in [0.15, 0.2) is 43.0 Å². The lowest BCUT2D eigenvalue weighted by Gasteiger charge is -2.11. The summed E-state index contributed by atoms with van der Waals surface area (Å²) in [5.74, 6) is -2.09. The number of ether oxygens (including phenoxy) is 1. The molecule has 3 aromatic heterocycles. The van der Waals surface area contributed by atoms with E-state index in [0.717, 1.165) is 18.5 Å². The Kier molecular flexibility index (Phi) is 4.42. The van der Waals surface area contributed by atoms with Crippen LogP contribution in [-0.4, -0.2) is 25.6 Å². The van der Waals surface area contributed by atoms with Crippen molar-refractivity contribution in [2.45, 2.75) is 6.61 Å². The summed E-state index contributed by atoms with van der Waals surface area (Å²) in [6.07, 6.45) is 4.93. The first-order chi connectivity index (χ1) is 11.9. The summed E-state index contributed by atoms with van der Waals surface area (Å²) < 4.78 is 33.9. The van der Waals surface area contributed by atoms with Crippen molar-refractivity contribution in [3.63, 3.8) is 0 Å². The first kappa shape index (κ1) is 16.6. The predicted octanol–water partition coefficient (Wildman–Crippen LogP) is 3.04. The fraction of sp³-hybridized carbons (Fsp3) is 0.118. The third-order valence-corrected chi connectivity index (χ3v) is 3.47. The van der Waals surface area contributed by atoms with E-state index in [4.69, 9.17) is 9.84 Å². The summed E-state index contributed by atoms with van der Waals surface area (Å²) in [4.78, 5) is 18.8. The summed E-state index contributed by atoms with van der Waals surface area (Å²) >= 11 is 0. The second-order valence-corrected chi connectivity index (χ2v) is 5.33. The quantitative estimate of drug-likeness (QED) is 0.769. The smallest absolute Gasteiger partial charge is 0.337 e. The highest BCUT2D eigenvalue weighted by atomic mass is 19.1. The van der Waals surface area contributed by atoms with Crippen LogP contribution in [0.25, 0.3) is 11.4 Å². The Morgan fingerprint density at radius 2 is 1.96 bits per heavy atom. The Labute approximate surface area is 141 Å². The van der Waals surface area contributed by atoms with Gasteiger partial charge in [0.15, 0.2) is 5.75 Å². The number of rotatable bonds is 5. The largest absolute Gasteiger partial charge is 0.486 e. The van der Waals surface area contributed by atoms with Crippen molar-refractivity contribution in [1.29, 1.82) is 0 Å². The number of aryl methyl sites for hydroxylation is 1. The molecule has 0 fully saturated rings. The number of aromatic nitrogens is 3. The average Bonchev–Trinajstić information content (AvgIpc) is 2.95. The van der Waals surface area contributed by atoms with Crippen molar-refractivity contribution >= 4 is 5.97 Å². The van der Waals surface area contributed by atoms with E-state index < -0.39 is 17.6 Å². The molecule has 0 atom stereocenters. The SMILES string of the molecule is Cn1cc(C(=O)O)cc1-c1ncc(F)cc1OCc1cncc(F)c1. The number of carbonyl (C=O) groups is 1. The molecule has 0 unspecified atom stereocenters. The highest BCUT2D eigenvalue weighted by Gasteiger charge is 2.17. The highest BCUT2D eigenvalue weighted by molar-refractivity contribution is 5.89. The topological polar surface area (TPSA) is 77.2 Å². The molecule has 0 aliphatic carbocycles. The van der Waals surface area contributed by atoms with Crippen LogP contribution < -0.4 is 4.74 Å². The molecule has 6 nitrogen and oxygen atoms in total. The van der Waals surface area contributed by atoms with Gasteiger partial charge in [0.1, 0.15) is 23.9 Å². The fourth-order valence-corrected chi connectivity index (χ4v) is 2.34. The highest BCUT2D eigenvalue weighted by Crippen LogP contribution is 2.30. The Balaban J connectivity index is 1.94. The van der Waals surface area contributed by atoms with Crippen molar-refractivity contribution < 1.29 is 23.4 Å². The maximum absolute atomic E-state index is 13.6. The van der Waals surface area contributed by atoms with Gasteiger partial charge < -0.3 is 14.4 Å². The molecule has 0 spiro atoms. The zero-order valence-electron chi connectivity index (χ0n) is 13.1. The third kappa shape index (κ3) is 3.63. The Morgan fingerprint density at radius 3 is 2.64 bits per heavy atom. The van der Waals surface area contributed by atoms with Gasteiger partial charge in [-0.1, -0.05) is 0 Å². The summed E-state index contributed by atoms with van der Waals surface area (Å²) in [5.41, 5.74) is 1.27. The maximum Gasteiger partial charge on any atom is 0.337 e. The van der Waals surface area contributed by atoms with Gasteiger partial charge in [0, 0.05) is 31.1 Å². The Bertz CT molecular complexity index is 941. The second kappa shape index (κ2) is 6.68. The average molecular weight is 345 g/mol. The molecule has 0 aliphatic rings. The van der Waals surface area contributed by atoms with Gasteiger partial charge in [-0.25, -0.2) is 18.6 Å². The van der Waals surface area contributed by atoms with E-state index >= 15 is 0 Å². The van der Waals surface area contributed by atoms with Crippen LogP contribution in [-0.2, 0) is 13.7 Å². The Morgan fingerprint density at radius 1 is 1.20 bits per heavy atom. The van der Waals surface area contributed by atoms with E-state index in [9.17, 15) is 13.6 Å². The summed E-state index contributed by atoms with van der Waals surface area (Å²) in [7, 11) is 1.65. The minimum Gasteiger partial charge on any atom is -0.486 e. The lowest BCUT2D eigenvalue weighted by molar-refractivity contribution is 0.0697. The number of carboxylic acid groups (broad SMARTS) is 1. The summed E-state index contributed by atoms with van der Waals surface area (Å²) in [6.45, 7) is -0.0426. The lowest BCUT2D eigenvalue weighted by Crippen LogP contribution is -2.01. The molecule has 3 heterocycles. The maximum atomic E-state index is 13.6. The monoisotopic (exact) mass is 345 g/mol. The molecule has 0 aromatic carbocycles. The molecule has 0 amide bonds. The van der Waals surface area contributed by atoms with Crippen molar-refractivity contribution in [2.75, 3.05) is 0 Å². The van der Waals surface area contributed by atoms with Gasteiger partial charge in [-0.3, -0.25) is 4.98 Å². The molecule has 128 valence electrons. The first-order valence-electron chi connectivity index (χ1n) is 7.22. The van der Waals surface area contributed by atoms with Gasteiger partial charge in [0.25, 0.3) is 0 Å². The number of aromatic carboxylic acids is 1. The molecule has 0 bridgehead atoms. The number of hydrogen-bond acceptors (Lipinski definition) is 4. The van der Waals surface area contributed by atoms with Crippen LogP contribution in [0, 0.1) is 11.6 Å². The standard InChI is InChI=1S/C17H13F2N3O3/c1-22-8-11(17(23)24)3-14(22)16-15(4-13(19)7-21-16)25-9-10-2-12(18)6-20-5-10/h2-8H,9H2,1H3,(H,23,24). The van der Waals surface area contributed by atoms with Crippen molar-refractivity contribution in [3.8, 4) is 17.1 Å². The van der Waals surface area contributed by atoms with Gasteiger partial charge in [-0.2, -0.15) is 0 Å². The van der Waals surface area contributed by atoms with E-state index in [1.165, 1.54) is 24.5 Å². The lowest BCUT2D eigenvalue weighted by atomic mass is 10.2. The molecule has 3 rings (SSSR count). The van der Waals surface area contributed by atoms with E-state index in [0.29, 0.717) is 11.3 Å². The number of carboxylic acids is 1. The molecular weight excluding hydrogens is 332 g/mol. The number of hydrogen-bond donors (Lipinski definition) is 1. The predicted molar refractivity (Wildman–Crippen MR) is 84.1 cm³/mol. The number of pyridine rings is 2. The van der Waals surface area contributed by atoms with Gasteiger partial charge in [-0.15, -0.1) is 0 Å². The van der Waals surface area contributed by atoms with E-state index in [-0.39, 0.29) is 23.6 Å². The molecule has 0 saturated heterocycles. The minimum atomic E-state index is -1.09. The normalized spacial score (nSPS) is 10.7. The van der Waals surface area contributed by atoms with E-state index in [1.807, 2.05) is 0 Å². The van der Waals surface area contributed by atoms with Crippen LogP contribution in [0.4, 0.5) is 8.78 Å². The second-order valence-electron chi connectivity index (χ2n) is 5.33. The molecule has 0 radical (unpaired) electrons. The molecule has 1 N–H and O–H groups in total. The van der Waals surface area contributed by atoms with Crippen LogP contribution in [0.2, 0.25) is 0 Å². The van der Waals surface area contributed by atoms with Crippen molar-refractivity contribution in [3.05, 3.63) is 65.7 Å². The van der Waals surface area contributed by atoms with Gasteiger partial charge >= 0.3 is 5.97 Å². The van der Waals surface area contributed by atoms with E-state index in [1.54, 1.807) is 11.6 Å². The number of nitrogens with zero attached hydrogens (tertiary/aromatic N) is 3. The molecule has 3 aromatic rings. The first-order valence-corrected chi connectivity index (χ1v) is 7.22.